The molecular weight excluding hydrogens is 368 g/mol. The number of ether oxygens (including phenoxy) is 1. The Hall–Kier alpha value is -1.91. The Morgan fingerprint density at radius 1 is 1.31 bits per heavy atom. The number of hydrogen-bond donors (Lipinski definition) is 1. The van der Waals surface area contributed by atoms with Crippen molar-refractivity contribution in [2.75, 3.05) is 19.5 Å². The molecule has 144 valence electrons. The lowest BCUT2D eigenvalue weighted by atomic mass is 9.82. The number of benzene rings is 1. The largest absolute Gasteiger partial charge is 0.384 e. The predicted molar refractivity (Wildman–Crippen MR) is 90.0 cm³/mol. The van der Waals surface area contributed by atoms with Crippen LogP contribution in [0.25, 0.3) is 0 Å². The quantitative estimate of drug-likeness (QED) is 0.731. The molecule has 2 aromatic rings. The van der Waals surface area contributed by atoms with Crippen molar-refractivity contribution in [2.24, 2.45) is 0 Å². The number of methoxy groups -OCH3 is 1. The zero-order valence-electron chi connectivity index (χ0n) is 14.7. The monoisotopic (exact) mass is 389 g/mol. The molecule has 0 aliphatic carbocycles. The Labute approximate surface area is 150 Å². The first-order valence-corrected chi connectivity index (χ1v) is 9.42. The van der Waals surface area contributed by atoms with E-state index in [2.05, 4.69) is 10.1 Å². The van der Waals surface area contributed by atoms with Crippen LogP contribution in [0.4, 0.5) is 8.78 Å². The molecule has 0 amide bonds. The Bertz CT molecular complexity index is 856. The summed E-state index contributed by atoms with van der Waals surface area (Å²) in [6.45, 7) is 2.10. The van der Waals surface area contributed by atoms with E-state index in [0.29, 0.717) is 6.07 Å². The number of hydrogen-bond acceptors (Lipinski definition) is 6. The van der Waals surface area contributed by atoms with E-state index in [1.165, 1.54) is 38.3 Å². The second-order valence-corrected chi connectivity index (χ2v) is 9.06. The highest BCUT2D eigenvalue weighted by Gasteiger charge is 2.54. The van der Waals surface area contributed by atoms with Gasteiger partial charge in [-0.15, -0.1) is 0 Å². The minimum Gasteiger partial charge on any atom is -0.384 e. The Kier molecular flexibility index (Phi) is 5.79. The lowest BCUT2D eigenvalue weighted by Crippen LogP contribution is -2.56. The van der Waals surface area contributed by atoms with Gasteiger partial charge >= 0.3 is 0 Å². The lowest BCUT2D eigenvalue weighted by molar-refractivity contribution is -0.0203. The minimum absolute atomic E-state index is 0.0862. The van der Waals surface area contributed by atoms with Gasteiger partial charge in [0.1, 0.15) is 34.6 Å². The van der Waals surface area contributed by atoms with Gasteiger partial charge < -0.3 is 9.84 Å². The highest BCUT2D eigenvalue weighted by molar-refractivity contribution is 7.92. The van der Waals surface area contributed by atoms with E-state index in [9.17, 15) is 22.3 Å². The van der Waals surface area contributed by atoms with Gasteiger partial charge in [-0.25, -0.2) is 26.9 Å². The number of sulfone groups is 1. The summed E-state index contributed by atoms with van der Waals surface area (Å²) in [7, 11) is -2.60. The van der Waals surface area contributed by atoms with Crippen molar-refractivity contribution in [1.29, 1.82) is 0 Å². The molecule has 0 bridgehead atoms. The molecular formula is C16H21F2N3O4S. The van der Waals surface area contributed by atoms with Gasteiger partial charge in [-0.1, -0.05) is 6.07 Å². The van der Waals surface area contributed by atoms with E-state index in [4.69, 9.17) is 4.74 Å². The fraction of sp³-hybridized carbons (Fsp3) is 0.500. The van der Waals surface area contributed by atoms with Crippen molar-refractivity contribution in [3.8, 4) is 0 Å². The van der Waals surface area contributed by atoms with Crippen LogP contribution in [-0.2, 0) is 26.7 Å². The first-order chi connectivity index (χ1) is 12.0. The van der Waals surface area contributed by atoms with Crippen LogP contribution in [0.15, 0.2) is 30.9 Å². The summed E-state index contributed by atoms with van der Waals surface area (Å²) in [6.07, 6.45) is 2.47. The molecule has 0 spiro atoms. The maximum Gasteiger partial charge on any atom is 0.160 e. The van der Waals surface area contributed by atoms with Crippen LogP contribution in [0.2, 0.25) is 0 Å². The Balaban J connectivity index is 2.63. The van der Waals surface area contributed by atoms with E-state index in [1.54, 1.807) is 0 Å². The molecule has 0 saturated heterocycles. The molecule has 0 aliphatic rings. The topological polar surface area (TPSA) is 94.3 Å². The molecule has 1 aromatic carbocycles. The van der Waals surface area contributed by atoms with Gasteiger partial charge in [0, 0.05) is 18.7 Å². The highest BCUT2D eigenvalue weighted by Crippen LogP contribution is 2.41. The summed E-state index contributed by atoms with van der Waals surface area (Å²) in [5, 5.41) is 15.3. The third kappa shape index (κ3) is 3.62. The van der Waals surface area contributed by atoms with E-state index in [0.717, 1.165) is 12.1 Å². The predicted octanol–water partition coefficient (Wildman–Crippen LogP) is 1.28. The van der Waals surface area contributed by atoms with Gasteiger partial charge in [0.2, 0.25) is 0 Å². The van der Waals surface area contributed by atoms with Gasteiger partial charge in [0.25, 0.3) is 0 Å². The molecule has 10 heteroatoms. The standard InChI is InChI=1S/C16H21F2N3O4S/c1-15(2,26(23,24)7-6-25-3)16(22,9-21-11-19-10-20-21)13-5-4-12(17)8-14(13)18/h4-5,8,10-11,22H,6-7,9H2,1-3H3/t16-/m0/s1. The van der Waals surface area contributed by atoms with Crippen LogP contribution < -0.4 is 0 Å². The average Bonchev–Trinajstić information content (AvgIpc) is 3.05. The van der Waals surface area contributed by atoms with Gasteiger partial charge in [0.05, 0.1) is 18.9 Å². The van der Waals surface area contributed by atoms with Crippen LogP contribution in [0.3, 0.4) is 0 Å². The van der Waals surface area contributed by atoms with Crippen molar-refractivity contribution in [3.63, 3.8) is 0 Å². The highest BCUT2D eigenvalue weighted by atomic mass is 32.2. The Morgan fingerprint density at radius 3 is 2.54 bits per heavy atom. The van der Waals surface area contributed by atoms with Gasteiger partial charge in [-0.3, -0.25) is 0 Å². The second kappa shape index (κ2) is 7.37. The smallest absolute Gasteiger partial charge is 0.160 e. The summed E-state index contributed by atoms with van der Waals surface area (Å²) in [5.74, 6) is -2.27. The maximum atomic E-state index is 14.5. The van der Waals surface area contributed by atoms with Gasteiger partial charge in [-0.05, 0) is 19.9 Å². The fourth-order valence-corrected chi connectivity index (χ4v) is 4.26. The molecule has 0 saturated carbocycles. The normalized spacial score (nSPS) is 15.0. The summed E-state index contributed by atoms with van der Waals surface area (Å²) in [5.41, 5.74) is -2.59. The molecule has 26 heavy (non-hydrogen) atoms. The third-order valence-electron chi connectivity index (χ3n) is 4.56. The van der Waals surface area contributed by atoms with Crippen LogP contribution in [-0.4, -0.2) is 52.5 Å². The molecule has 0 aliphatic heterocycles. The summed E-state index contributed by atoms with van der Waals surface area (Å²) < 4.78 is 57.7. The first kappa shape index (κ1) is 20.4. The molecule has 0 radical (unpaired) electrons. The van der Waals surface area contributed by atoms with Gasteiger partial charge in [0.15, 0.2) is 9.84 Å². The number of rotatable bonds is 8. The van der Waals surface area contributed by atoms with Crippen LogP contribution in [0, 0.1) is 11.6 Å². The third-order valence-corrected chi connectivity index (χ3v) is 7.16. The molecule has 2 rings (SSSR count). The summed E-state index contributed by atoms with van der Waals surface area (Å²) >= 11 is 0. The number of halogens is 2. The SMILES string of the molecule is COCCS(=O)(=O)C(C)(C)[C@](O)(Cn1cncn1)c1ccc(F)cc1F. The zero-order chi connectivity index (χ0) is 19.6. The van der Waals surface area contributed by atoms with Gasteiger partial charge in [-0.2, -0.15) is 5.10 Å². The number of aromatic nitrogens is 3. The lowest BCUT2D eigenvalue weighted by Gasteiger charge is -2.42. The molecule has 0 unspecified atom stereocenters. The number of nitrogens with zero attached hydrogens (tertiary/aromatic N) is 3. The molecule has 1 N–H and O–H groups in total. The number of aliphatic hydroxyl groups is 1. The molecule has 1 aromatic heterocycles. The fourth-order valence-electron chi connectivity index (χ4n) is 2.68. The van der Waals surface area contributed by atoms with Crippen LogP contribution in [0.1, 0.15) is 19.4 Å². The minimum atomic E-state index is -3.95. The molecule has 0 fully saturated rings. The molecule has 1 atom stereocenters. The zero-order valence-corrected chi connectivity index (χ0v) is 15.5. The van der Waals surface area contributed by atoms with Crippen molar-refractivity contribution in [1.82, 2.24) is 14.8 Å². The Morgan fingerprint density at radius 2 is 2.00 bits per heavy atom. The van der Waals surface area contributed by atoms with E-state index >= 15 is 0 Å². The van der Waals surface area contributed by atoms with Crippen molar-refractivity contribution >= 4 is 9.84 Å². The van der Waals surface area contributed by atoms with Crippen molar-refractivity contribution in [2.45, 2.75) is 30.7 Å². The van der Waals surface area contributed by atoms with E-state index in [1.807, 2.05) is 0 Å². The van der Waals surface area contributed by atoms with Crippen molar-refractivity contribution in [3.05, 3.63) is 48.1 Å². The summed E-state index contributed by atoms with van der Waals surface area (Å²) in [6, 6.07) is 2.59. The van der Waals surface area contributed by atoms with E-state index in [-0.39, 0.29) is 17.9 Å². The maximum absolute atomic E-state index is 14.5. The van der Waals surface area contributed by atoms with Crippen LogP contribution in [0.5, 0.6) is 0 Å². The second-order valence-electron chi connectivity index (χ2n) is 6.40. The first-order valence-electron chi connectivity index (χ1n) is 7.77. The summed E-state index contributed by atoms with van der Waals surface area (Å²) in [4.78, 5) is 3.75. The van der Waals surface area contributed by atoms with Crippen LogP contribution >= 0.6 is 0 Å². The molecule has 1 heterocycles. The molecule has 7 nitrogen and oxygen atoms in total. The average molecular weight is 389 g/mol. The van der Waals surface area contributed by atoms with Crippen molar-refractivity contribution < 1.29 is 27.0 Å². The van der Waals surface area contributed by atoms with E-state index < -0.39 is 38.4 Å².